The molecule has 0 aliphatic heterocycles. The molecule has 0 fully saturated rings. The van der Waals surface area contributed by atoms with Crippen LogP contribution in [0.15, 0.2) is 70.2 Å². The molecule has 0 aliphatic rings. The summed E-state index contributed by atoms with van der Waals surface area (Å²) in [6.45, 7) is 2.21. The van der Waals surface area contributed by atoms with Crippen LogP contribution >= 0.6 is 15.9 Å². The molecule has 0 aromatic heterocycles. The van der Waals surface area contributed by atoms with Crippen molar-refractivity contribution in [1.82, 2.24) is 5.43 Å². The summed E-state index contributed by atoms with van der Waals surface area (Å²) in [5, 5.41) is 4.01. The van der Waals surface area contributed by atoms with E-state index in [1.54, 1.807) is 67.8 Å². The lowest BCUT2D eigenvalue weighted by Crippen LogP contribution is -2.19. The van der Waals surface area contributed by atoms with Crippen molar-refractivity contribution >= 4 is 34.0 Å². The predicted molar refractivity (Wildman–Crippen MR) is 136 cm³/mol. The van der Waals surface area contributed by atoms with Crippen LogP contribution in [0.4, 0.5) is 0 Å². The third-order valence-electron chi connectivity index (χ3n) is 4.77. The Morgan fingerprint density at radius 2 is 1.63 bits per heavy atom. The minimum atomic E-state index is -0.498. The van der Waals surface area contributed by atoms with Crippen molar-refractivity contribution < 1.29 is 28.5 Å². The van der Waals surface area contributed by atoms with Gasteiger partial charge >= 0.3 is 5.97 Å². The first-order chi connectivity index (χ1) is 16.9. The van der Waals surface area contributed by atoms with Crippen LogP contribution in [-0.2, 0) is 11.2 Å². The molecule has 3 rings (SSSR count). The second kappa shape index (κ2) is 12.6. The van der Waals surface area contributed by atoms with Crippen LogP contribution in [0, 0.1) is 0 Å². The number of ether oxygens (including phenoxy) is 4. The van der Waals surface area contributed by atoms with E-state index in [1.165, 1.54) is 13.3 Å². The highest BCUT2D eigenvalue weighted by molar-refractivity contribution is 9.10. The number of nitrogens with one attached hydrogen (secondary N) is 1. The van der Waals surface area contributed by atoms with Crippen LogP contribution in [0.1, 0.15) is 28.4 Å². The van der Waals surface area contributed by atoms with Gasteiger partial charge in [-0.05, 0) is 72.6 Å². The fourth-order valence-electron chi connectivity index (χ4n) is 3.10. The molecule has 0 saturated heterocycles. The summed E-state index contributed by atoms with van der Waals surface area (Å²) in [6.07, 6.45) is 1.60. The van der Waals surface area contributed by atoms with Gasteiger partial charge in [-0.15, -0.1) is 0 Å². The maximum Gasteiger partial charge on any atom is 0.343 e. The summed E-state index contributed by atoms with van der Waals surface area (Å²) in [4.78, 5) is 24.7. The Bertz CT molecular complexity index is 1210. The Labute approximate surface area is 212 Å². The van der Waals surface area contributed by atoms with Crippen molar-refractivity contribution in [2.45, 2.75) is 13.3 Å². The van der Waals surface area contributed by atoms with E-state index in [2.05, 4.69) is 26.5 Å². The molecule has 0 bridgehead atoms. The molecule has 0 atom stereocenters. The number of methoxy groups -OCH3 is 2. The van der Waals surface area contributed by atoms with Gasteiger partial charge in [0.2, 0.25) is 5.91 Å². The lowest BCUT2D eigenvalue weighted by Gasteiger charge is -2.11. The summed E-state index contributed by atoms with van der Waals surface area (Å²) in [7, 11) is 3.09. The third-order valence-corrected chi connectivity index (χ3v) is 5.29. The Kier molecular flexibility index (Phi) is 9.25. The van der Waals surface area contributed by atoms with E-state index in [1.807, 2.05) is 6.92 Å². The molecule has 0 aliphatic carbocycles. The van der Waals surface area contributed by atoms with Crippen molar-refractivity contribution in [2.24, 2.45) is 5.10 Å². The zero-order chi connectivity index (χ0) is 25.2. The molecule has 8 nitrogen and oxygen atoms in total. The lowest BCUT2D eigenvalue weighted by molar-refractivity contribution is -0.120. The number of hydrazone groups is 1. The average molecular weight is 541 g/mol. The molecule has 0 saturated carbocycles. The van der Waals surface area contributed by atoms with Crippen molar-refractivity contribution in [3.8, 4) is 23.0 Å². The number of rotatable bonds is 10. The van der Waals surface area contributed by atoms with Gasteiger partial charge in [0.05, 0.1) is 39.0 Å². The van der Waals surface area contributed by atoms with Crippen LogP contribution < -0.4 is 24.4 Å². The molecule has 182 valence electrons. The molecule has 0 heterocycles. The van der Waals surface area contributed by atoms with Gasteiger partial charge in [-0.3, -0.25) is 4.79 Å². The highest BCUT2D eigenvalue weighted by atomic mass is 79.9. The number of carbonyl (C=O) groups is 2. The Morgan fingerprint density at radius 3 is 2.31 bits per heavy atom. The van der Waals surface area contributed by atoms with E-state index < -0.39 is 5.97 Å². The van der Waals surface area contributed by atoms with Crippen molar-refractivity contribution in [3.63, 3.8) is 0 Å². The molecule has 3 aromatic rings. The van der Waals surface area contributed by atoms with Crippen molar-refractivity contribution in [1.29, 1.82) is 0 Å². The standard InChI is InChI=1S/C26H25BrN2O6/c1-4-34-24-14-18(6-12-22(24)35-26(31)19-7-9-20(27)10-8-19)16-28-29-25(30)15-17-5-11-21(32-2)23(13-17)33-3/h5-14,16H,4,15H2,1-3H3,(H,29,30)/b28-16-. The Balaban J connectivity index is 1.63. The van der Waals surface area contributed by atoms with Gasteiger partial charge in [0.25, 0.3) is 0 Å². The van der Waals surface area contributed by atoms with E-state index >= 15 is 0 Å². The normalized spacial score (nSPS) is 10.6. The summed E-state index contributed by atoms with van der Waals surface area (Å²) < 4.78 is 22.5. The second-order valence-corrected chi connectivity index (χ2v) is 8.11. The lowest BCUT2D eigenvalue weighted by atomic mass is 10.1. The number of hydrogen-bond acceptors (Lipinski definition) is 7. The monoisotopic (exact) mass is 540 g/mol. The Morgan fingerprint density at radius 1 is 0.914 bits per heavy atom. The molecular formula is C26H25BrN2O6. The van der Waals surface area contributed by atoms with Crippen LogP contribution in [0.3, 0.4) is 0 Å². The minimum absolute atomic E-state index is 0.118. The molecule has 3 aromatic carbocycles. The largest absolute Gasteiger partial charge is 0.493 e. The number of carbonyl (C=O) groups excluding carboxylic acids is 2. The number of benzene rings is 3. The number of hydrogen-bond donors (Lipinski definition) is 1. The first-order valence-corrected chi connectivity index (χ1v) is 11.5. The number of esters is 1. The van der Waals surface area contributed by atoms with Crippen LogP contribution in [0.2, 0.25) is 0 Å². The smallest absolute Gasteiger partial charge is 0.343 e. The summed E-state index contributed by atoms with van der Waals surface area (Å²) in [5.41, 5.74) is 4.33. The fourth-order valence-corrected chi connectivity index (χ4v) is 3.36. The zero-order valence-corrected chi connectivity index (χ0v) is 21.1. The highest BCUT2D eigenvalue weighted by Crippen LogP contribution is 2.29. The van der Waals surface area contributed by atoms with E-state index in [4.69, 9.17) is 18.9 Å². The first-order valence-electron chi connectivity index (χ1n) is 10.7. The number of amides is 1. The number of halogens is 1. The Hall–Kier alpha value is -3.85. The first kappa shape index (κ1) is 25.8. The van der Waals surface area contributed by atoms with Gasteiger partial charge in [-0.1, -0.05) is 22.0 Å². The van der Waals surface area contributed by atoms with Crippen LogP contribution in [-0.4, -0.2) is 38.9 Å². The van der Waals surface area contributed by atoms with Crippen LogP contribution in [0.25, 0.3) is 0 Å². The topological polar surface area (TPSA) is 95.5 Å². The SMILES string of the molecule is CCOc1cc(/C=N\NC(=O)Cc2ccc(OC)c(OC)c2)ccc1OC(=O)c1ccc(Br)cc1. The maximum atomic E-state index is 12.5. The molecule has 9 heteroatoms. The van der Waals surface area contributed by atoms with Gasteiger partial charge in [-0.25, -0.2) is 10.2 Å². The van der Waals surface area contributed by atoms with E-state index in [0.29, 0.717) is 35.0 Å². The van der Waals surface area contributed by atoms with Gasteiger partial charge in [0.1, 0.15) is 0 Å². The number of nitrogens with zero attached hydrogens (tertiary/aromatic N) is 1. The molecular weight excluding hydrogens is 516 g/mol. The van der Waals surface area contributed by atoms with E-state index in [-0.39, 0.29) is 18.1 Å². The van der Waals surface area contributed by atoms with Crippen molar-refractivity contribution in [3.05, 3.63) is 81.8 Å². The van der Waals surface area contributed by atoms with Gasteiger partial charge in [0, 0.05) is 4.47 Å². The maximum absolute atomic E-state index is 12.5. The van der Waals surface area contributed by atoms with Crippen molar-refractivity contribution in [2.75, 3.05) is 20.8 Å². The molecule has 0 spiro atoms. The molecule has 1 amide bonds. The summed E-state index contributed by atoms with van der Waals surface area (Å²) in [5.74, 6) is 1.02. The predicted octanol–water partition coefficient (Wildman–Crippen LogP) is 4.78. The fraction of sp³-hybridized carbons (Fsp3) is 0.192. The quantitative estimate of drug-likeness (QED) is 0.172. The minimum Gasteiger partial charge on any atom is -0.493 e. The second-order valence-electron chi connectivity index (χ2n) is 7.19. The van der Waals surface area contributed by atoms with E-state index in [9.17, 15) is 9.59 Å². The average Bonchev–Trinajstić information content (AvgIpc) is 2.86. The van der Waals surface area contributed by atoms with Gasteiger partial charge < -0.3 is 18.9 Å². The third kappa shape index (κ3) is 7.31. The molecule has 0 radical (unpaired) electrons. The van der Waals surface area contributed by atoms with Gasteiger partial charge in [0.15, 0.2) is 23.0 Å². The molecule has 35 heavy (non-hydrogen) atoms. The zero-order valence-electron chi connectivity index (χ0n) is 19.5. The highest BCUT2D eigenvalue weighted by Gasteiger charge is 2.13. The van der Waals surface area contributed by atoms with Crippen LogP contribution in [0.5, 0.6) is 23.0 Å². The molecule has 1 N–H and O–H groups in total. The molecule has 0 unspecified atom stereocenters. The summed E-state index contributed by atoms with van der Waals surface area (Å²) >= 11 is 3.34. The summed E-state index contributed by atoms with van der Waals surface area (Å²) in [6, 6.07) is 17.1. The van der Waals surface area contributed by atoms with Gasteiger partial charge in [-0.2, -0.15) is 5.10 Å². The van der Waals surface area contributed by atoms with E-state index in [0.717, 1.165) is 10.0 Å².